The van der Waals surface area contributed by atoms with Gasteiger partial charge >= 0.3 is 0 Å². The minimum atomic E-state index is -0.168. The molecule has 0 bridgehead atoms. The summed E-state index contributed by atoms with van der Waals surface area (Å²) in [6.45, 7) is 8.42. The van der Waals surface area contributed by atoms with Crippen LogP contribution in [0.5, 0.6) is 0 Å². The molecule has 0 radical (unpaired) electrons. The molecule has 1 saturated carbocycles. The first kappa shape index (κ1) is 11.0. The van der Waals surface area contributed by atoms with Gasteiger partial charge in [-0.3, -0.25) is 0 Å². The highest BCUT2D eigenvalue weighted by molar-refractivity contribution is 4.84. The van der Waals surface area contributed by atoms with E-state index in [0.29, 0.717) is 5.92 Å². The molecule has 0 aliphatic heterocycles. The lowest BCUT2D eigenvalue weighted by molar-refractivity contribution is 0.0842. The third-order valence-electron chi connectivity index (χ3n) is 3.09. The standard InChI is InChI=1S/C11H23NO/c1-8(2)11(13)7-12(4)6-10-5-9(10)3/h8-11,13H,5-7H2,1-4H3. The molecular weight excluding hydrogens is 162 g/mol. The Balaban J connectivity index is 2.13. The van der Waals surface area contributed by atoms with Crippen molar-refractivity contribution in [3.63, 3.8) is 0 Å². The predicted molar refractivity (Wildman–Crippen MR) is 55.6 cm³/mol. The van der Waals surface area contributed by atoms with Crippen molar-refractivity contribution in [1.29, 1.82) is 0 Å². The van der Waals surface area contributed by atoms with E-state index in [2.05, 4.69) is 32.7 Å². The summed E-state index contributed by atoms with van der Waals surface area (Å²) in [5.74, 6) is 2.18. The Labute approximate surface area is 81.9 Å². The van der Waals surface area contributed by atoms with Gasteiger partial charge in [-0.2, -0.15) is 0 Å². The van der Waals surface area contributed by atoms with Gasteiger partial charge in [0.1, 0.15) is 0 Å². The van der Waals surface area contributed by atoms with E-state index in [-0.39, 0.29) is 6.10 Å². The van der Waals surface area contributed by atoms with Crippen molar-refractivity contribution in [1.82, 2.24) is 4.90 Å². The molecule has 1 N–H and O–H groups in total. The molecule has 78 valence electrons. The van der Waals surface area contributed by atoms with E-state index in [0.717, 1.165) is 24.9 Å². The van der Waals surface area contributed by atoms with E-state index in [4.69, 9.17) is 0 Å². The highest BCUT2D eigenvalue weighted by Gasteiger charge is 2.33. The van der Waals surface area contributed by atoms with Crippen LogP contribution in [-0.4, -0.2) is 36.2 Å². The fraction of sp³-hybridized carbons (Fsp3) is 1.00. The smallest absolute Gasteiger partial charge is 0.0689 e. The molecule has 1 aliphatic carbocycles. The number of aliphatic hydroxyl groups is 1. The molecule has 13 heavy (non-hydrogen) atoms. The van der Waals surface area contributed by atoms with Crippen molar-refractivity contribution in [3.8, 4) is 0 Å². The summed E-state index contributed by atoms with van der Waals surface area (Å²) in [5, 5.41) is 9.65. The molecule has 1 rings (SSSR count). The summed E-state index contributed by atoms with van der Waals surface area (Å²) < 4.78 is 0. The average Bonchev–Trinajstić information content (AvgIpc) is 2.65. The zero-order valence-electron chi connectivity index (χ0n) is 9.33. The highest BCUT2D eigenvalue weighted by atomic mass is 16.3. The minimum Gasteiger partial charge on any atom is -0.392 e. The second kappa shape index (κ2) is 4.43. The van der Waals surface area contributed by atoms with Gasteiger partial charge in [0.2, 0.25) is 0 Å². The first-order valence-corrected chi connectivity index (χ1v) is 5.37. The van der Waals surface area contributed by atoms with E-state index in [1.54, 1.807) is 0 Å². The van der Waals surface area contributed by atoms with E-state index in [9.17, 15) is 5.11 Å². The largest absolute Gasteiger partial charge is 0.392 e. The first-order valence-electron chi connectivity index (χ1n) is 5.37. The van der Waals surface area contributed by atoms with E-state index in [1.165, 1.54) is 6.42 Å². The molecule has 0 spiro atoms. The zero-order chi connectivity index (χ0) is 10.0. The SMILES string of the molecule is CC(C)C(O)CN(C)CC1CC1C. The Bertz CT molecular complexity index is 158. The van der Waals surface area contributed by atoms with Crippen LogP contribution in [0.4, 0.5) is 0 Å². The van der Waals surface area contributed by atoms with Gasteiger partial charge in [0.25, 0.3) is 0 Å². The topological polar surface area (TPSA) is 23.5 Å². The van der Waals surface area contributed by atoms with Gasteiger partial charge in [-0.1, -0.05) is 20.8 Å². The van der Waals surface area contributed by atoms with Crippen LogP contribution < -0.4 is 0 Å². The third-order valence-corrected chi connectivity index (χ3v) is 3.09. The number of rotatable bonds is 5. The van der Waals surface area contributed by atoms with Gasteiger partial charge in [0.05, 0.1) is 6.10 Å². The first-order chi connectivity index (χ1) is 6.00. The highest BCUT2D eigenvalue weighted by Crippen LogP contribution is 2.37. The summed E-state index contributed by atoms with van der Waals surface area (Å²) in [7, 11) is 2.11. The van der Waals surface area contributed by atoms with Crippen LogP contribution in [0.15, 0.2) is 0 Å². The minimum absolute atomic E-state index is 0.168. The maximum atomic E-state index is 9.65. The summed E-state index contributed by atoms with van der Waals surface area (Å²) >= 11 is 0. The zero-order valence-corrected chi connectivity index (χ0v) is 9.33. The third kappa shape index (κ3) is 3.65. The summed E-state index contributed by atoms with van der Waals surface area (Å²) in [4.78, 5) is 2.26. The van der Waals surface area contributed by atoms with Crippen LogP contribution in [0.2, 0.25) is 0 Å². The fourth-order valence-corrected chi connectivity index (χ4v) is 1.66. The van der Waals surface area contributed by atoms with Crippen molar-refractivity contribution in [2.24, 2.45) is 17.8 Å². The number of likely N-dealkylation sites (N-methyl/N-ethyl adjacent to an activating group) is 1. The Hall–Kier alpha value is -0.0800. The monoisotopic (exact) mass is 185 g/mol. The van der Waals surface area contributed by atoms with Crippen molar-refractivity contribution in [2.75, 3.05) is 20.1 Å². The van der Waals surface area contributed by atoms with Crippen LogP contribution >= 0.6 is 0 Å². The lowest BCUT2D eigenvalue weighted by Crippen LogP contribution is -2.33. The lowest BCUT2D eigenvalue weighted by atomic mass is 10.1. The molecule has 3 unspecified atom stereocenters. The van der Waals surface area contributed by atoms with Crippen LogP contribution in [0.25, 0.3) is 0 Å². The molecule has 2 heteroatoms. The van der Waals surface area contributed by atoms with Gasteiger partial charge in [-0.25, -0.2) is 0 Å². The van der Waals surface area contributed by atoms with Gasteiger partial charge in [-0.15, -0.1) is 0 Å². The van der Waals surface area contributed by atoms with Gasteiger partial charge in [0.15, 0.2) is 0 Å². The van der Waals surface area contributed by atoms with E-state index in [1.807, 2.05) is 0 Å². The van der Waals surface area contributed by atoms with Gasteiger partial charge in [-0.05, 0) is 31.2 Å². The molecule has 2 nitrogen and oxygen atoms in total. The number of aliphatic hydroxyl groups excluding tert-OH is 1. The second-order valence-corrected chi connectivity index (χ2v) is 5.01. The summed E-state index contributed by atoms with van der Waals surface area (Å²) in [5.41, 5.74) is 0. The van der Waals surface area contributed by atoms with Crippen LogP contribution in [0, 0.1) is 17.8 Å². The predicted octanol–water partition coefficient (Wildman–Crippen LogP) is 1.59. The fourth-order valence-electron chi connectivity index (χ4n) is 1.66. The quantitative estimate of drug-likeness (QED) is 0.703. The Morgan fingerprint density at radius 3 is 2.38 bits per heavy atom. The molecule has 1 fully saturated rings. The van der Waals surface area contributed by atoms with Crippen molar-refractivity contribution in [2.45, 2.75) is 33.3 Å². The number of hydrogen-bond donors (Lipinski definition) is 1. The van der Waals surface area contributed by atoms with Gasteiger partial charge < -0.3 is 10.0 Å². The average molecular weight is 185 g/mol. The van der Waals surface area contributed by atoms with Crippen LogP contribution in [-0.2, 0) is 0 Å². The van der Waals surface area contributed by atoms with Crippen LogP contribution in [0.1, 0.15) is 27.2 Å². The van der Waals surface area contributed by atoms with Crippen LogP contribution in [0.3, 0.4) is 0 Å². The molecular formula is C11H23NO. The number of hydrogen-bond acceptors (Lipinski definition) is 2. The maximum Gasteiger partial charge on any atom is 0.0689 e. The maximum absolute atomic E-state index is 9.65. The number of nitrogens with zero attached hydrogens (tertiary/aromatic N) is 1. The molecule has 0 saturated heterocycles. The molecule has 0 heterocycles. The second-order valence-electron chi connectivity index (χ2n) is 5.01. The molecule has 0 amide bonds. The molecule has 1 aliphatic rings. The Kier molecular flexibility index (Phi) is 3.74. The Morgan fingerprint density at radius 1 is 1.46 bits per heavy atom. The van der Waals surface area contributed by atoms with Crippen molar-refractivity contribution < 1.29 is 5.11 Å². The van der Waals surface area contributed by atoms with E-state index < -0.39 is 0 Å². The summed E-state index contributed by atoms with van der Waals surface area (Å²) in [6, 6.07) is 0. The molecule has 3 atom stereocenters. The van der Waals surface area contributed by atoms with Crippen molar-refractivity contribution >= 4 is 0 Å². The summed E-state index contributed by atoms with van der Waals surface area (Å²) in [6.07, 6.45) is 1.21. The van der Waals surface area contributed by atoms with Crippen molar-refractivity contribution in [3.05, 3.63) is 0 Å². The normalized spacial score (nSPS) is 29.8. The lowest BCUT2D eigenvalue weighted by Gasteiger charge is -2.22. The van der Waals surface area contributed by atoms with E-state index >= 15 is 0 Å². The molecule has 0 aromatic carbocycles. The molecule has 0 aromatic heterocycles. The molecule has 0 aromatic rings. The Morgan fingerprint density at radius 2 is 2.00 bits per heavy atom. The van der Waals surface area contributed by atoms with Gasteiger partial charge in [0, 0.05) is 13.1 Å².